The number of alkyl halides is 1. The third-order valence-corrected chi connectivity index (χ3v) is 4.01. The maximum Gasteiger partial charge on any atom is 0.221 e. The number of rotatable bonds is 7. The van der Waals surface area contributed by atoms with Gasteiger partial charge in [0.2, 0.25) is 5.91 Å². The summed E-state index contributed by atoms with van der Waals surface area (Å²) in [5, 5.41) is 0. The van der Waals surface area contributed by atoms with E-state index in [0.717, 1.165) is 38.2 Å². The van der Waals surface area contributed by atoms with Crippen molar-refractivity contribution in [2.45, 2.75) is 51.5 Å². The van der Waals surface area contributed by atoms with E-state index in [1.54, 1.807) is 0 Å². The molecule has 0 radical (unpaired) electrons. The van der Waals surface area contributed by atoms with Crippen LogP contribution in [0.15, 0.2) is 0 Å². The zero-order chi connectivity index (χ0) is 12.7. The van der Waals surface area contributed by atoms with Crippen LogP contribution >= 0.6 is 11.6 Å². The highest BCUT2D eigenvalue weighted by atomic mass is 35.5. The number of carbonyl (C=O) groups excluding carboxylic acids is 1. The molecule has 0 aliphatic carbocycles. The molecule has 1 fully saturated rings. The first-order valence-corrected chi connectivity index (χ1v) is 7.28. The molecule has 1 saturated heterocycles. The first-order valence-electron chi connectivity index (χ1n) is 6.74. The van der Waals surface area contributed by atoms with Crippen molar-refractivity contribution in [2.24, 2.45) is 11.7 Å². The largest absolute Gasteiger partial charge is 0.369 e. The number of carbonyl (C=O) groups is 1. The van der Waals surface area contributed by atoms with Crippen LogP contribution in [0.5, 0.6) is 0 Å². The van der Waals surface area contributed by atoms with Gasteiger partial charge in [-0.15, -0.1) is 11.6 Å². The lowest BCUT2D eigenvalue weighted by Gasteiger charge is -2.36. The number of hydrogen-bond donors (Lipinski definition) is 1. The molecule has 4 heteroatoms. The molecule has 1 aliphatic rings. The molecule has 0 aromatic carbocycles. The minimum Gasteiger partial charge on any atom is -0.369 e. The van der Waals surface area contributed by atoms with Crippen LogP contribution in [0, 0.1) is 5.92 Å². The summed E-state index contributed by atoms with van der Waals surface area (Å²) in [7, 11) is 0. The molecule has 1 aliphatic heterocycles. The lowest BCUT2D eigenvalue weighted by atomic mass is 9.92. The zero-order valence-corrected chi connectivity index (χ0v) is 11.6. The van der Waals surface area contributed by atoms with E-state index < -0.39 is 0 Å². The molecule has 0 bridgehead atoms. The number of piperidine rings is 1. The van der Waals surface area contributed by atoms with Crippen LogP contribution in [0.2, 0.25) is 0 Å². The molecule has 0 aromatic heterocycles. The number of likely N-dealkylation sites (tertiary alicyclic amines) is 1. The smallest absolute Gasteiger partial charge is 0.221 e. The van der Waals surface area contributed by atoms with E-state index in [0.29, 0.717) is 6.04 Å². The summed E-state index contributed by atoms with van der Waals surface area (Å²) < 4.78 is 0. The van der Waals surface area contributed by atoms with Gasteiger partial charge in [-0.05, 0) is 39.2 Å². The normalized spacial score (nSPS) is 26.0. The second-order valence-electron chi connectivity index (χ2n) is 5.12. The first kappa shape index (κ1) is 14.8. The summed E-state index contributed by atoms with van der Waals surface area (Å²) in [6.07, 6.45) is 6.81. The Balaban J connectivity index is 2.22. The predicted octanol–water partition coefficient (Wildman–Crippen LogP) is 2.37. The number of hydrogen-bond acceptors (Lipinski definition) is 2. The summed E-state index contributed by atoms with van der Waals surface area (Å²) in [6, 6.07) is 0.596. The molecule has 0 aromatic rings. The molecule has 17 heavy (non-hydrogen) atoms. The SMILES string of the molecule is CC1CCC(C(N)=O)CN1CCCCCCCl. The topological polar surface area (TPSA) is 46.3 Å². The maximum atomic E-state index is 11.2. The monoisotopic (exact) mass is 260 g/mol. The quantitative estimate of drug-likeness (QED) is 0.564. The summed E-state index contributed by atoms with van der Waals surface area (Å²) in [5.74, 6) is 0.697. The van der Waals surface area contributed by atoms with E-state index in [2.05, 4.69) is 11.8 Å². The van der Waals surface area contributed by atoms with Crippen LogP contribution in [0.25, 0.3) is 0 Å². The van der Waals surface area contributed by atoms with Crippen LogP contribution in [0.3, 0.4) is 0 Å². The van der Waals surface area contributed by atoms with Gasteiger partial charge in [0.1, 0.15) is 0 Å². The fraction of sp³-hybridized carbons (Fsp3) is 0.923. The Kier molecular flexibility index (Phi) is 6.90. The minimum absolute atomic E-state index is 0.0639. The van der Waals surface area contributed by atoms with Crippen molar-refractivity contribution < 1.29 is 4.79 Å². The third-order valence-electron chi connectivity index (χ3n) is 3.74. The number of nitrogens with two attached hydrogens (primary N) is 1. The fourth-order valence-corrected chi connectivity index (χ4v) is 2.68. The van der Waals surface area contributed by atoms with Crippen molar-refractivity contribution in [2.75, 3.05) is 19.0 Å². The Morgan fingerprint density at radius 2 is 2.00 bits per heavy atom. The number of nitrogens with zero attached hydrogens (tertiary/aromatic N) is 1. The van der Waals surface area contributed by atoms with Crippen LogP contribution in [-0.4, -0.2) is 35.8 Å². The highest BCUT2D eigenvalue weighted by Crippen LogP contribution is 2.22. The van der Waals surface area contributed by atoms with E-state index in [1.807, 2.05) is 0 Å². The fourth-order valence-electron chi connectivity index (χ4n) is 2.49. The lowest BCUT2D eigenvalue weighted by Crippen LogP contribution is -2.46. The number of amides is 1. The maximum absolute atomic E-state index is 11.2. The average Bonchev–Trinajstić information content (AvgIpc) is 2.30. The van der Waals surface area contributed by atoms with Gasteiger partial charge in [-0.3, -0.25) is 9.69 Å². The van der Waals surface area contributed by atoms with E-state index in [-0.39, 0.29) is 11.8 Å². The van der Waals surface area contributed by atoms with Gasteiger partial charge in [0.25, 0.3) is 0 Å². The summed E-state index contributed by atoms with van der Waals surface area (Å²) in [5.41, 5.74) is 5.39. The van der Waals surface area contributed by atoms with Crippen LogP contribution in [0.4, 0.5) is 0 Å². The van der Waals surface area contributed by atoms with Gasteiger partial charge < -0.3 is 5.73 Å². The standard InChI is InChI=1S/C13H25ClN2O/c1-11-6-7-12(13(15)17)10-16(11)9-5-3-2-4-8-14/h11-12H,2-10H2,1H3,(H2,15,17). The zero-order valence-electron chi connectivity index (χ0n) is 10.8. The number of primary amides is 1. The molecule has 3 nitrogen and oxygen atoms in total. The summed E-state index contributed by atoms with van der Waals surface area (Å²) in [6.45, 7) is 4.19. The summed E-state index contributed by atoms with van der Waals surface area (Å²) >= 11 is 5.64. The van der Waals surface area contributed by atoms with E-state index in [9.17, 15) is 4.79 Å². The second kappa shape index (κ2) is 7.93. The van der Waals surface area contributed by atoms with Crippen LogP contribution in [-0.2, 0) is 4.79 Å². The number of unbranched alkanes of at least 4 members (excludes halogenated alkanes) is 3. The molecule has 0 saturated carbocycles. The average molecular weight is 261 g/mol. The van der Waals surface area contributed by atoms with Gasteiger partial charge in [-0.1, -0.05) is 12.8 Å². The van der Waals surface area contributed by atoms with E-state index in [4.69, 9.17) is 17.3 Å². The van der Waals surface area contributed by atoms with Crippen LogP contribution < -0.4 is 5.73 Å². The molecular weight excluding hydrogens is 236 g/mol. The van der Waals surface area contributed by atoms with Crippen molar-refractivity contribution in [1.82, 2.24) is 4.90 Å². The number of halogens is 1. The molecule has 100 valence electrons. The second-order valence-corrected chi connectivity index (χ2v) is 5.50. The van der Waals surface area contributed by atoms with Crippen molar-refractivity contribution in [3.8, 4) is 0 Å². The first-order chi connectivity index (χ1) is 8.15. The Bertz CT molecular complexity index is 235. The Morgan fingerprint density at radius 3 is 2.65 bits per heavy atom. The van der Waals surface area contributed by atoms with Gasteiger partial charge in [0, 0.05) is 18.5 Å². The Morgan fingerprint density at radius 1 is 1.29 bits per heavy atom. The molecular formula is C13H25ClN2O. The predicted molar refractivity (Wildman–Crippen MR) is 72.1 cm³/mol. The van der Waals surface area contributed by atoms with Gasteiger partial charge >= 0.3 is 0 Å². The Hall–Kier alpha value is -0.280. The van der Waals surface area contributed by atoms with Crippen molar-refractivity contribution >= 4 is 17.5 Å². The minimum atomic E-state index is -0.135. The third kappa shape index (κ3) is 5.26. The molecule has 1 heterocycles. The summed E-state index contributed by atoms with van der Waals surface area (Å²) in [4.78, 5) is 13.6. The molecule has 0 spiro atoms. The van der Waals surface area contributed by atoms with Gasteiger partial charge in [-0.25, -0.2) is 0 Å². The molecule has 1 amide bonds. The highest BCUT2D eigenvalue weighted by molar-refractivity contribution is 6.17. The lowest BCUT2D eigenvalue weighted by molar-refractivity contribution is -0.123. The molecule has 2 N–H and O–H groups in total. The van der Waals surface area contributed by atoms with Crippen molar-refractivity contribution in [1.29, 1.82) is 0 Å². The van der Waals surface area contributed by atoms with E-state index in [1.165, 1.54) is 19.3 Å². The van der Waals surface area contributed by atoms with Gasteiger partial charge in [-0.2, -0.15) is 0 Å². The van der Waals surface area contributed by atoms with Gasteiger partial charge in [0.05, 0.1) is 5.92 Å². The van der Waals surface area contributed by atoms with E-state index >= 15 is 0 Å². The molecule has 2 atom stereocenters. The van der Waals surface area contributed by atoms with Crippen molar-refractivity contribution in [3.63, 3.8) is 0 Å². The molecule has 1 rings (SSSR count). The Labute approximate surface area is 110 Å². The van der Waals surface area contributed by atoms with Crippen LogP contribution in [0.1, 0.15) is 45.4 Å². The highest BCUT2D eigenvalue weighted by Gasteiger charge is 2.27. The van der Waals surface area contributed by atoms with Gasteiger partial charge in [0.15, 0.2) is 0 Å². The van der Waals surface area contributed by atoms with Crippen molar-refractivity contribution in [3.05, 3.63) is 0 Å². The molecule has 2 unspecified atom stereocenters.